The zero-order chi connectivity index (χ0) is 29.5. The smallest absolute Gasteiger partial charge is 0.147 e. The third kappa shape index (κ3) is 3.54. The van der Waals surface area contributed by atoms with Crippen LogP contribution in [-0.2, 0) is 0 Å². The van der Waals surface area contributed by atoms with Crippen molar-refractivity contribution < 1.29 is 0 Å². The topological polar surface area (TPSA) is 17.3 Å². The van der Waals surface area contributed by atoms with Crippen LogP contribution in [-0.4, -0.2) is 9.38 Å². The Kier molecular flexibility index (Phi) is 5.03. The molecule has 8 aromatic carbocycles. The molecule has 0 fully saturated rings. The highest BCUT2D eigenvalue weighted by Crippen LogP contribution is 2.39. The highest BCUT2D eigenvalue weighted by molar-refractivity contribution is 6.23. The molecule has 208 valence electrons. The van der Waals surface area contributed by atoms with Crippen LogP contribution in [0.3, 0.4) is 0 Å². The van der Waals surface area contributed by atoms with Crippen molar-refractivity contribution in [2.75, 3.05) is 0 Å². The van der Waals surface area contributed by atoms with E-state index in [0.717, 1.165) is 16.7 Å². The van der Waals surface area contributed by atoms with Gasteiger partial charge in [-0.3, -0.25) is 4.40 Å². The number of aromatic nitrogens is 2. The minimum Gasteiger partial charge on any atom is -0.292 e. The molecule has 45 heavy (non-hydrogen) atoms. The summed E-state index contributed by atoms with van der Waals surface area (Å²) >= 11 is 0. The quantitative estimate of drug-likeness (QED) is 0.189. The van der Waals surface area contributed by atoms with Gasteiger partial charge in [-0.15, -0.1) is 0 Å². The van der Waals surface area contributed by atoms with Crippen LogP contribution in [0.5, 0.6) is 0 Å². The Labute approximate surface area is 259 Å². The van der Waals surface area contributed by atoms with E-state index >= 15 is 0 Å². The zero-order valence-electron chi connectivity index (χ0n) is 24.4. The standard InChI is InChI=1S/C43H26N2/c1-4-12-33-28(9-1)21-23-36-38-25-30(22-24-40(38)45-41-16-8-7-15-39(41)44-43(45)42(33)36)27-17-19-29(20-18-27)37-26-31-10-2-3-11-32(31)34-13-5-6-14-35(34)37/h1-26H. The van der Waals surface area contributed by atoms with Crippen LogP contribution in [0, 0.1) is 0 Å². The molecule has 10 aromatic rings. The van der Waals surface area contributed by atoms with Crippen LogP contribution in [0.4, 0.5) is 0 Å². The molecule has 0 bridgehead atoms. The number of pyridine rings is 1. The van der Waals surface area contributed by atoms with E-state index in [0.29, 0.717) is 0 Å². The highest BCUT2D eigenvalue weighted by atomic mass is 15.0. The molecule has 10 rings (SSSR count). The maximum absolute atomic E-state index is 5.17. The molecule has 0 aliphatic carbocycles. The molecule has 2 heterocycles. The van der Waals surface area contributed by atoms with E-state index < -0.39 is 0 Å². The van der Waals surface area contributed by atoms with Crippen LogP contribution >= 0.6 is 0 Å². The number of rotatable bonds is 2. The predicted molar refractivity (Wildman–Crippen MR) is 191 cm³/mol. The Hall–Kier alpha value is -5.99. The molecule has 2 aromatic heterocycles. The second-order valence-corrected chi connectivity index (χ2v) is 12.0. The summed E-state index contributed by atoms with van der Waals surface area (Å²) in [7, 11) is 0. The van der Waals surface area contributed by atoms with Crippen molar-refractivity contribution in [3.05, 3.63) is 158 Å². The number of hydrogen-bond donors (Lipinski definition) is 0. The normalized spacial score (nSPS) is 12.0. The monoisotopic (exact) mass is 570 g/mol. The Balaban J connectivity index is 1.19. The lowest BCUT2D eigenvalue weighted by Gasteiger charge is -2.14. The van der Waals surface area contributed by atoms with Crippen LogP contribution in [0.25, 0.3) is 92.9 Å². The van der Waals surface area contributed by atoms with Gasteiger partial charge in [0.1, 0.15) is 5.65 Å². The summed E-state index contributed by atoms with van der Waals surface area (Å²) in [6, 6.07) is 57.3. The fourth-order valence-electron chi connectivity index (χ4n) is 7.44. The lowest BCUT2D eigenvalue weighted by atomic mass is 9.92. The molecule has 0 amide bonds. The van der Waals surface area contributed by atoms with Gasteiger partial charge in [0.15, 0.2) is 0 Å². The van der Waals surface area contributed by atoms with Gasteiger partial charge >= 0.3 is 0 Å². The molecule has 0 aliphatic heterocycles. The van der Waals surface area contributed by atoms with Crippen molar-refractivity contribution in [3.63, 3.8) is 0 Å². The molecule has 0 aliphatic rings. The third-order valence-electron chi connectivity index (χ3n) is 9.54. The van der Waals surface area contributed by atoms with Crippen molar-refractivity contribution in [3.8, 4) is 22.3 Å². The van der Waals surface area contributed by atoms with Gasteiger partial charge in [-0.2, -0.15) is 0 Å². The lowest BCUT2D eigenvalue weighted by molar-refractivity contribution is 1.32. The summed E-state index contributed by atoms with van der Waals surface area (Å²) in [6.45, 7) is 0. The van der Waals surface area contributed by atoms with Crippen LogP contribution in [0.2, 0.25) is 0 Å². The van der Waals surface area contributed by atoms with Gasteiger partial charge in [-0.05, 0) is 90.3 Å². The molecule has 0 saturated heterocycles. The summed E-state index contributed by atoms with van der Waals surface area (Å²) in [5, 5.41) is 11.3. The van der Waals surface area contributed by atoms with E-state index in [1.165, 1.54) is 76.2 Å². The van der Waals surface area contributed by atoms with Crippen molar-refractivity contribution >= 4 is 70.7 Å². The molecule has 0 saturated carbocycles. The van der Waals surface area contributed by atoms with E-state index in [-0.39, 0.29) is 0 Å². The first-order valence-electron chi connectivity index (χ1n) is 15.5. The SMILES string of the molecule is c1ccc2c(c1)cc(-c1ccc(-c3ccc4c(c3)c3ccc5ccccc5c3c3nc5ccccc5n43)cc1)c1ccccc12. The summed E-state index contributed by atoms with van der Waals surface area (Å²) in [6.07, 6.45) is 0. The molecular weight excluding hydrogens is 544 g/mol. The van der Waals surface area contributed by atoms with Crippen molar-refractivity contribution in [2.24, 2.45) is 0 Å². The fourth-order valence-corrected chi connectivity index (χ4v) is 7.44. The van der Waals surface area contributed by atoms with E-state index in [9.17, 15) is 0 Å². The number of fused-ring (bicyclic) bond motifs is 13. The Bertz CT molecular complexity index is 2800. The van der Waals surface area contributed by atoms with Crippen molar-refractivity contribution in [1.82, 2.24) is 9.38 Å². The first-order valence-corrected chi connectivity index (χ1v) is 15.5. The number of hydrogen-bond acceptors (Lipinski definition) is 1. The molecule has 0 N–H and O–H groups in total. The Morgan fingerprint density at radius 1 is 0.378 bits per heavy atom. The van der Waals surface area contributed by atoms with E-state index in [1.807, 2.05) is 0 Å². The summed E-state index contributed by atoms with van der Waals surface area (Å²) in [5.41, 5.74) is 9.23. The molecule has 2 nitrogen and oxygen atoms in total. The molecule has 0 atom stereocenters. The van der Waals surface area contributed by atoms with Crippen LogP contribution in [0.1, 0.15) is 0 Å². The first kappa shape index (κ1) is 24.5. The average Bonchev–Trinajstić information content (AvgIpc) is 3.51. The maximum atomic E-state index is 5.17. The van der Waals surface area contributed by atoms with Gasteiger partial charge in [-0.25, -0.2) is 4.98 Å². The molecule has 0 spiro atoms. The molecule has 0 radical (unpaired) electrons. The second-order valence-electron chi connectivity index (χ2n) is 12.0. The van der Waals surface area contributed by atoms with Gasteiger partial charge in [0.2, 0.25) is 0 Å². The number of benzene rings is 8. The maximum Gasteiger partial charge on any atom is 0.147 e. The first-order chi connectivity index (χ1) is 22.3. The van der Waals surface area contributed by atoms with Crippen LogP contribution < -0.4 is 0 Å². The van der Waals surface area contributed by atoms with E-state index in [4.69, 9.17) is 4.98 Å². The van der Waals surface area contributed by atoms with Gasteiger partial charge < -0.3 is 0 Å². The largest absolute Gasteiger partial charge is 0.292 e. The summed E-state index contributed by atoms with van der Waals surface area (Å²) < 4.78 is 2.34. The third-order valence-corrected chi connectivity index (χ3v) is 9.54. The van der Waals surface area contributed by atoms with Gasteiger partial charge in [-0.1, -0.05) is 127 Å². The van der Waals surface area contributed by atoms with E-state index in [1.54, 1.807) is 0 Å². The molecule has 2 heteroatoms. The number of para-hydroxylation sites is 2. The van der Waals surface area contributed by atoms with Crippen LogP contribution in [0.15, 0.2) is 158 Å². The second kappa shape index (κ2) is 9.25. The predicted octanol–water partition coefficient (Wildman–Crippen LogP) is 11.6. The fraction of sp³-hybridized carbons (Fsp3) is 0. The van der Waals surface area contributed by atoms with Gasteiger partial charge in [0.25, 0.3) is 0 Å². The average molecular weight is 571 g/mol. The minimum atomic E-state index is 1.01. The van der Waals surface area contributed by atoms with Crippen molar-refractivity contribution in [1.29, 1.82) is 0 Å². The van der Waals surface area contributed by atoms with Crippen molar-refractivity contribution in [2.45, 2.75) is 0 Å². The number of nitrogens with zero attached hydrogens (tertiary/aromatic N) is 2. The van der Waals surface area contributed by atoms with E-state index in [2.05, 4.69) is 162 Å². The molecule has 0 unspecified atom stereocenters. The Morgan fingerprint density at radius 3 is 1.91 bits per heavy atom. The number of imidazole rings is 1. The van der Waals surface area contributed by atoms with Gasteiger partial charge in [0.05, 0.1) is 16.6 Å². The summed E-state index contributed by atoms with van der Waals surface area (Å²) in [5.74, 6) is 0. The van der Waals surface area contributed by atoms with Gasteiger partial charge in [0, 0.05) is 10.8 Å². The highest BCUT2D eigenvalue weighted by Gasteiger charge is 2.16. The summed E-state index contributed by atoms with van der Waals surface area (Å²) in [4.78, 5) is 5.17. The minimum absolute atomic E-state index is 1.01. The zero-order valence-corrected chi connectivity index (χ0v) is 24.4. The molecular formula is C43H26N2. The Morgan fingerprint density at radius 2 is 1.04 bits per heavy atom. The lowest BCUT2D eigenvalue weighted by Crippen LogP contribution is -1.93.